The molecule has 0 aromatic rings. The Balaban J connectivity index is 3.45. The first-order valence-corrected chi connectivity index (χ1v) is 11.4. The summed E-state index contributed by atoms with van der Waals surface area (Å²) in [5, 5.41) is 9.56. The molecule has 0 aliphatic carbocycles. The van der Waals surface area contributed by atoms with Crippen molar-refractivity contribution in [1.82, 2.24) is 0 Å². The van der Waals surface area contributed by atoms with Crippen molar-refractivity contribution >= 4 is 11.8 Å². The molecule has 26 heavy (non-hydrogen) atoms. The number of aliphatic hydroxyl groups excluding tert-OH is 1. The van der Waals surface area contributed by atoms with Crippen molar-refractivity contribution in [3.8, 4) is 0 Å². The largest absolute Gasteiger partial charge is 0.395 e. The van der Waals surface area contributed by atoms with Crippen LogP contribution in [0.15, 0.2) is 60.8 Å². The third kappa shape index (κ3) is 19.3. The van der Waals surface area contributed by atoms with Crippen molar-refractivity contribution in [2.75, 3.05) is 12.4 Å². The Kier molecular flexibility index (Phi) is 21.2. The third-order valence-corrected chi connectivity index (χ3v) is 5.41. The van der Waals surface area contributed by atoms with E-state index in [4.69, 9.17) is 5.11 Å². The number of rotatable bonds is 17. The molecule has 0 saturated heterocycles. The van der Waals surface area contributed by atoms with Crippen molar-refractivity contribution < 1.29 is 5.11 Å². The Hall–Kier alpha value is -0.990. The van der Waals surface area contributed by atoms with E-state index in [2.05, 4.69) is 74.6 Å². The molecule has 0 heterocycles. The summed E-state index contributed by atoms with van der Waals surface area (Å²) in [4.78, 5) is 0. The zero-order valence-electron chi connectivity index (χ0n) is 17.0. The molecule has 148 valence electrons. The van der Waals surface area contributed by atoms with Gasteiger partial charge in [-0.15, -0.1) is 0 Å². The zero-order valence-corrected chi connectivity index (χ0v) is 17.8. The first-order chi connectivity index (χ1) is 12.8. The van der Waals surface area contributed by atoms with E-state index >= 15 is 0 Å². The third-order valence-electron chi connectivity index (χ3n) is 3.94. The van der Waals surface area contributed by atoms with Crippen LogP contribution in [0.2, 0.25) is 0 Å². The van der Waals surface area contributed by atoms with E-state index in [1.165, 1.54) is 25.0 Å². The number of hydrogen-bond donors (Lipinski definition) is 1. The van der Waals surface area contributed by atoms with E-state index < -0.39 is 0 Å². The highest BCUT2D eigenvalue weighted by atomic mass is 32.2. The highest BCUT2D eigenvalue weighted by Gasteiger charge is 2.03. The zero-order chi connectivity index (χ0) is 19.1. The minimum absolute atomic E-state index is 0.315. The number of unbranched alkanes of at least 4 members (excludes halogenated alkanes) is 2. The summed E-state index contributed by atoms with van der Waals surface area (Å²) in [5.41, 5.74) is 0. The van der Waals surface area contributed by atoms with Gasteiger partial charge in [0.15, 0.2) is 0 Å². The Labute approximate surface area is 167 Å². The van der Waals surface area contributed by atoms with Gasteiger partial charge in [0.2, 0.25) is 0 Å². The van der Waals surface area contributed by atoms with Crippen LogP contribution >= 0.6 is 11.8 Å². The molecule has 0 aliphatic heterocycles. The van der Waals surface area contributed by atoms with Crippen LogP contribution in [0, 0.1) is 0 Å². The van der Waals surface area contributed by atoms with E-state index in [0.29, 0.717) is 11.9 Å². The number of allylic oxidation sites excluding steroid dienone is 10. The van der Waals surface area contributed by atoms with E-state index in [1.54, 1.807) is 0 Å². The lowest BCUT2D eigenvalue weighted by Crippen LogP contribution is -2.07. The van der Waals surface area contributed by atoms with E-state index in [1.807, 2.05) is 11.8 Å². The van der Waals surface area contributed by atoms with E-state index in [9.17, 15) is 0 Å². The molecular weight excluding hydrogens is 336 g/mol. The quantitative estimate of drug-likeness (QED) is 0.211. The van der Waals surface area contributed by atoms with Crippen molar-refractivity contribution in [3.05, 3.63) is 60.8 Å². The molecule has 0 radical (unpaired) electrons. The van der Waals surface area contributed by atoms with Crippen LogP contribution in [0.5, 0.6) is 0 Å². The molecule has 1 N–H and O–H groups in total. The molecule has 0 fully saturated rings. The first-order valence-electron chi connectivity index (χ1n) is 10.3. The second kappa shape index (κ2) is 22.1. The highest BCUT2D eigenvalue weighted by Crippen LogP contribution is 2.16. The normalized spacial score (nSPS) is 14.1. The van der Waals surface area contributed by atoms with Crippen molar-refractivity contribution in [3.63, 3.8) is 0 Å². The average molecular weight is 377 g/mol. The van der Waals surface area contributed by atoms with Gasteiger partial charge in [-0.25, -0.2) is 0 Å². The summed E-state index contributed by atoms with van der Waals surface area (Å²) in [6.07, 6.45) is 32.4. The maximum Gasteiger partial charge on any atom is 0.0549 e. The molecular formula is C24H40OS. The number of hydrogen-bond acceptors (Lipinski definition) is 2. The van der Waals surface area contributed by atoms with Gasteiger partial charge in [0.1, 0.15) is 0 Å². The second-order valence-corrected chi connectivity index (χ2v) is 7.70. The molecule has 0 rings (SSSR count). The van der Waals surface area contributed by atoms with Crippen LogP contribution in [-0.4, -0.2) is 22.7 Å². The summed E-state index contributed by atoms with van der Waals surface area (Å²) < 4.78 is 0. The van der Waals surface area contributed by atoms with Gasteiger partial charge in [-0.3, -0.25) is 0 Å². The Bertz CT molecular complexity index is 414. The molecule has 0 aromatic carbocycles. The second-order valence-electron chi connectivity index (χ2n) is 6.29. The van der Waals surface area contributed by atoms with Gasteiger partial charge in [0.05, 0.1) is 6.61 Å². The highest BCUT2D eigenvalue weighted by molar-refractivity contribution is 7.99. The first kappa shape index (κ1) is 25.0. The van der Waals surface area contributed by atoms with Crippen molar-refractivity contribution in [1.29, 1.82) is 0 Å². The minimum Gasteiger partial charge on any atom is -0.395 e. The summed E-state index contributed by atoms with van der Waals surface area (Å²) in [5.74, 6) is 1.17. The van der Waals surface area contributed by atoms with Gasteiger partial charge in [0, 0.05) is 5.25 Å². The van der Waals surface area contributed by atoms with Gasteiger partial charge < -0.3 is 5.11 Å². The number of thioether (sulfide) groups is 1. The van der Waals surface area contributed by atoms with Crippen LogP contribution in [-0.2, 0) is 0 Å². The molecule has 0 aromatic heterocycles. The van der Waals surface area contributed by atoms with Gasteiger partial charge in [-0.05, 0) is 63.5 Å². The predicted octanol–water partition coefficient (Wildman–Crippen LogP) is 7.41. The van der Waals surface area contributed by atoms with Crippen molar-refractivity contribution in [2.24, 2.45) is 0 Å². The van der Waals surface area contributed by atoms with Gasteiger partial charge >= 0.3 is 0 Å². The molecule has 0 saturated carbocycles. The maximum atomic E-state index is 9.13. The smallest absolute Gasteiger partial charge is 0.0549 e. The van der Waals surface area contributed by atoms with Crippen LogP contribution in [0.25, 0.3) is 0 Å². The SMILES string of the molecule is CCC=CCC=CCC=CCC=CCC=CCCCCSC(CC)CO. The van der Waals surface area contributed by atoms with Crippen molar-refractivity contribution in [2.45, 2.75) is 76.9 Å². The molecule has 1 nitrogen and oxygen atoms in total. The summed E-state index contributed by atoms with van der Waals surface area (Å²) in [6, 6.07) is 0. The fourth-order valence-corrected chi connectivity index (χ4v) is 3.33. The van der Waals surface area contributed by atoms with E-state index in [-0.39, 0.29) is 0 Å². The van der Waals surface area contributed by atoms with Crippen LogP contribution < -0.4 is 0 Å². The standard InChI is InChI=1S/C24H40OS/c1-3-5-6-7-8-9-10-11-12-13-14-15-16-17-18-19-20-21-22-26-24(4-2)23-25/h5-6,8-9,11-12,14-15,17-18,24-25H,3-4,7,10,13,16,19-23H2,1-2H3. The van der Waals surface area contributed by atoms with Crippen LogP contribution in [0.1, 0.15) is 71.6 Å². The lowest BCUT2D eigenvalue weighted by molar-refractivity contribution is 0.292. The van der Waals surface area contributed by atoms with Gasteiger partial charge in [-0.2, -0.15) is 11.8 Å². The maximum absolute atomic E-state index is 9.13. The summed E-state index contributed by atoms with van der Waals surface area (Å²) >= 11 is 1.91. The van der Waals surface area contributed by atoms with Gasteiger partial charge in [-0.1, -0.05) is 74.6 Å². The topological polar surface area (TPSA) is 20.2 Å². The molecule has 0 spiro atoms. The lowest BCUT2D eigenvalue weighted by atomic mass is 10.2. The molecule has 0 aliphatic rings. The Morgan fingerprint density at radius 1 is 0.692 bits per heavy atom. The summed E-state index contributed by atoms with van der Waals surface area (Å²) in [6.45, 7) is 4.62. The molecule has 2 heteroatoms. The average Bonchev–Trinajstić information content (AvgIpc) is 2.66. The molecule has 1 atom stereocenters. The minimum atomic E-state index is 0.315. The Morgan fingerprint density at radius 3 is 1.65 bits per heavy atom. The summed E-state index contributed by atoms with van der Waals surface area (Å²) in [7, 11) is 0. The monoisotopic (exact) mass is 376 g/mol. The predicted molar refractivity (Wildman–Crippen MR) is 122 cm³/mol. The number of aliphatic hydroxyl groups is 1. The van der Waals surface area contributed by atoms with Gasteiger partial charge in [0.25, 0.3) is 0 Å². The molecule has 0 bridgehead atoms. The fraction of sp³-hybridized carbons (Fsp3) is 0.583. The molecule has 1 unspecified atom stereocenters. The fourth-order valence-electron chi connectivity index (χ4n) is 2.28. The van der Waals surface area contributed by atoms with Crippen LogP contribution in [0.4, 0.5) is 0 Å². The molecule has 0 amide bonds. The van der Waals surface area contributed by atoms with Crippen LogP contribution in [0.3, 0.4) is 0 Å². The Morgan fingerprint density at radius 2 is 1.19 bits per heavy atom. The van der Waals surface area contributed by atoms with E-state index in [0.717, 1.165) is 38.5 Å². The lowest BCUT2D eigenvalue weighted by Gasteiger charge is -2.09.